The zero-order valence-corrected chi connectivity index (χ0v) is 23.0. The molecule has 0 aliphatic carbocycles. The number of aromatic nitrogens is 1. The first-order valence-corrected chi connectivity index (χ1v) is 13.7. The summed E-state index contributed by atoms with van der Waals surface area (Å²) in [6.45, 7) is 4.82. The van der Waals surface area contributed by atoms with Crippen LogP contribution in [0.3, 0.4) is 0 Å². The maximum atomic E-state index is 12.9. The Kier molecular flexibility index (Phi) is 7.89. The second-order valence-electron chi connectivity index (χ2n) is 9.03. The minimum absolute atomic E-state index is 0.0752. The van der Waals surface area contributed by atoms with Crippen LogP contribution in [0.25, 0.3) is 17.0 Å². The normalized spacial score (nSPS) is 15.5. The molecule has 0 saturated carbocycles. The first-order valence-electron chi connectivity index (χ1n) is 12.9. The first kappa shape index (κ1) is 26.4. The molecule has 0 fully saturated rings. The molecule has 1 aromatic heterocycles. The van der Waals surface area contributed by atoms with E-state index in [2.05, 4.69) is 53.0 Å². The van der Waals surface area contributed by atoms with Gasteiger partial charge in [0, 0.05) is 23.7 Å². The molecule has 4 aromatic rings. The Hall–Kier alpha value is -4.23. The molecule has 0 spiro atoms. The van der Waals surface area contributed by atoms with Crippen molar-refractivity contribution in [3.63, 3.8) is 0 Å². The van der Waals surface area contributed by atoms with Gasteiger partial charge in [0.1, 0.15) is 22.1 Å². The lowest BCUT2D eigenvalue weighted by atomic mass is 10.1. The van der Waals surface area contributed by atoms with Crippen LogP contribution in [0, 0.1) is 0 Å². The van der Waals surface area contributed by atoms with Gasteiger partial charge in [-0.15, -0.1) is 0 Å². The average molecular weight is 539 g/mol. The number of ether oxygens (including phenoxy) is 2. The molecule has 0 bridgehead atoms. The number of carbonyl (C=O) groups excluding carboxylic acids is 1. The van der Waals surface area contributed by atoms with Gasteiger partial charge in [0.2, 0.25) is 0 Å². The number of aliphatic hydroxyl groups is 1. The summed E-state index contributed by atoms with van der Waals surface area (Å²) in [4.78, 5) is 18.1. The molecule has 198 valence electrons. The number of para-hydroxylation sites is 1. The van der Waals surface area contributed by atoms with Crippen molar-refractivity contribution < 1.29 is 19.4 Å². The number of aliphatic hydroxyl groups excluding tert-OH is 1. The van der Waals surface area contributed by atoms with E-state index in [0.717, 1.165) is 23.9 Å². The van der Waals surface area contributed by atoms with Crippen LogP contribution in [-0.2, 0) is 22.5 Å². The fourth-order valence-corrected chi connectivity index (χ4v) is 5.70. The minimum Gasteiger partial charge on any atom is -0.506 e. The van der Waals surface area contributed by atoms with Crippen LogP contribution < -0.4 is 4.74 Å². The molecule has 1 aliphatic heterocycles. The van der Waals surface area contributed by atoms with Crippen LogP contribution in [0.2, 0.25) is 0 Å². The quantitative estimate of drug-likeness (QED) is 0.236. The molecule has 7 heteroatoms. The van der Waals surface area contributed by atoms with Crippen LogP contribution in [0.5, 0.6) is 5.75 Å². The van der Waals surface area contributed by atoms with Gasteiger partial charge in [-0.05, 0) is 54.8 Å². The number of hydrogen-bond acceptors (Lipinski definition) is 6. The second kappa shape index (κ2) is 11.7. The number of fused-ring (bicyclic) bond motifs is 1. The summed E-state index contributed by atoms with van der Waals surface area (Å²) in [5.41, 5.74) is 5.29. The number of aliphatic imine (C=N–C) groups is 1. The highest BCUT2D eigenvalue weighted by Gasteiger charge is 2.33. The van der Waals surface area contributed by atoms with Crippen LogP contribution in [0.15, 0.2) is 100 Å². The van der Waals surface area contributed by atoms with Crippen molar-refractivity contribution in [1.29, 1.82) is 0 Å². The van der Waals surface area contributed by atoms with Crippen molar-refractivity contribution in [3.05, 3.63) is 112 Å². The monoisotopic (exact) mass is 538 g/mol. The summed E-state index contributed by atoms with van der Waals surface area (Å²) in [5, 5.41) is 12.7. The van der Waals surface area contributed by atoms with Crippen molar-refractivity contribution in [2.24, 2.45) is 4.99 Å². The predicted octanol–water partition coefficient (Wildman–Crippen LogP) is 7.45. The van der Waals surface area contributed by atoms with E-state index in [1.165, 1.54) is 28.4 Å². The number of benzene rings is 3. The maximum absolute atomic E-state index is 12.9. The van der Waals surface area contributed by atoms with Crippen LogP contribution in [0.4, 0.5) is 5.69 Å². The molecule has 5 rings (SSSR count). The summed E-state index contributed by atoms with van der Waals surface area (Å²) in [7, 11) is 1.60. The third-order valence-electron chi connectivity index (χ3n) is 6.55. The van der Waals surface area contributed by atoms with Crippen LogP contribution in [0.1, 0.15) is 30.5 Å². The molecule has 0 atom stereocenters. The fraction of sp³-hybridized carbons (Fsp3) is 0.188. The molecule has 6 nitrogen and oxygen atoms in total. The minimum atomic E-state index is -0.599. The molecule has 1 aliphatic rings. The molecule has 0 amide bonds. The molecular weight excluding hydrogens is 508 g/mol. The molecule has 1 N–H and O–H groups in total. The van der Waals surface area contributed by atoms with Gasteiger partial charge in [0.25, 0.3) is 0 Å². The Labute approximate surface area is 232 Å². The number of thioether (sulfide) groups is 1. The average Bonchev–Trinajstić information content (AvgIpc) is 3.46. The highest BCUT2D eigenvalue weighted by molar-refractivity contribution is 8.18. The van der Waals surface area contributed by atoms with Gasteiger partial charge in [0.05, 0.1) is 29.8 Å². The predicted molar refractivity (Wildman–Crippen MR) is 159 cm³/mol. The number of esters is 1. The van der Waals surface area contributed by atoms with Gasteiger partial charge >= 0.3 is 5.97 Å². The summed E-state index contributed by atoms with van der Waals surface area (Å²) in [6, 6.07) is 23.9. The Morgan fingerprint density at radius 2 is 1.79 bits per heavy atom. The van der Waals surface area contributed by atoms with Gasteiger partial charge in [-0.3, -0.25) is 0 Å². The lowest BCUT2D eigenvalue weighted by Crippen LogP contribution is -2.12. The van der Waals surface area contributed by atoms with Crippen LogP contribution >= 0.6 is 11.8 Å². The third kappa shape index (κ3) is 5.49. The van der Waals surface area contributed by atoms with Gasteiger partial charge in [-0.2, -0.15) is 0 Å². The standard InChI is InChI=1S/C32H30N2O4S/c1-4-22-12-9-13-26-23(20-34(29(22)26)19-21-10-7-6-8-11-21)18-27-30(35)28(32(36)38-5-2)31(39-27)33-24-14-16-25(37-3)17-15-24/h6-18,20,35H,4-5,19H2,1-3H3/b27-18-,33-31?. The molecule has 39 heavy (non-hydrogen) atoms. The largest absolute Gasteiger partial charge is 0.506 e. The number of rotatable bonds is 8. The number of aryl methyl sites for hydroxylation is 1. The molecule has 3 aromatic carbocycles. The van der Waals surface area contributed by atoms with E-state index in [0.29, 0.717) is 21.4 Å². The number of carbonyl (C=O) groups is 1. The van der Waals surface area contributed by atoms with E-state index in [1.807, 2.05) is 24.3 Å². The zero-order valence-electron chi connectivity index (χ0n) is 22.2. The van der Waals surface area contributed by atoms with Gasteiger partial charge in [0.15, 0.2) is 0 Å². The summed E-state index contributed by atoms with van der Waals surface area (Å²) in [5.74, 6) is -0.0137. The van der Waals surface area contributed by atoms with E-state index in [9.17, 15) is 9.90 Å². The third-order valence-corrected chi connectivity index (χ3v) is 7.57. The van der Waals surface area contributed by atoms with Gasteiger partial charge < -0.3 is 19.1 Å². The molecule has 0 saturated heterocycles. The zero-order chi connectivity index (χ0) is 27.4. The SMILES string of the molecule is CCOC(=O)C1=C(O)/C(=C/c2cn(Cc3ccccc3)c3c(CC)cccc23)SC1=Nc1ccc(OC)cc1. The van der Waals surface area contributed by atoms with Crippen molar-refractivity contribution >= 4 is 45.4 Å². The number of nitrogens with zero attached hydrogens (tertiary/aromatic N) is 2. The highest BCUT2D eigenvalue weighted by atomic mass is 32.2. The van der Waals surface area contributed by atoms with Crippen LogP contribution in [-0.4, -0.2) is 34.4 Å². The highest BCUT2D eigenvalue weighted by Crippen LogP contribution is 2.41. The lowest BCUT2D eigenvalue weighted by Gasteiger charge is -2.08. The maximum Gasteiger partial charge on any atom is 0.344 e. The summed E-state index contributed by atoms with van der Waals surface area (Å²) in [6.07, 6.45) is 4.94. The van der Waals surface area contributed by atoms with E-state index in [4.69, 9.17) is 9.47 Å². The van der Waals surface area contributed by atoms with Gasteiger partial charge in [-0.25, -0.2) is 9.79 Å². The number of hydrogen-bond donors (Lipinski definition) is 1. The van der Waals surface area contributed by atoms with E-state index in [1.54, 1.807) is 38.3 Å². The Morgan fingerprint density at radius 1 is 1.03 bits per heavy atom. The molecular formula is C32H30N2O4S. The van der Waals surface area contributed by atoms with Crippen molar-refractivity contribution in [2.75, 3.05) is 13.7 Å². The fourth-order valence-electron chi connectivity index (χ4n) is 4.68. The van der Waals surface area contributed by atoms with E-state index >= 15 is 0 Å². The van der Waals surface area contributed by atoms with Crippen molar-refractivity contribution in [2.45, 2.75) is 26.8 Å². The summed E-state index contributed by atoms with van der Waals surface area (Å²) >= 11 is 1.26. The molecule has 2 heterocycles. The Balaban J connectivity index is 1.60. The smallest absolute Gasteiger partial charge is 0.344 e. The number of methoxy groups -OCH3 is 1. The topological polar surface area (TPSA) is 73.0 Å². The second-order valence-corrected chi connectivity index (χ2v) is 10.1. The molecule has 0 radical (unpaired) electrons. The lowest BCUT2D eigenvalue weighted by molar-refractivity contribution is -0.138. The van der Waals surface area contributed by atoms with Crippen molar-refractivity contribution in [3.8, 4) is 5.75 Å². The van der Waals surface area contributed by atoms with E-state index in [-0.39, 0.29) is 17.9 Å². The first-order chi connectivity index (χ1) is 19.0. The van der Waals surface area contributed by atoms with E-state index < -0.39 is 5.97 Å². The van der Waals surface area contributed by atoms with Crippen molar-refractivity contribution in [1.82, 2.24) is 4.57 Å². The van der Waals surface area contributed by atoms with Gasteiger partial charge in [-0.1, -0.05) is 67.2 Å². The molecule has 0 unspecified atom stereocenters. The summed E-state index contributed by atoms with van der Waals surface area (Å²) < 4.78 is 12.8. The Morgan fingerprint density at radius 3 is 2.49 bits per heavy atom. The Bertz CT molecular complexity index is 1600.